The summed E-state index contributed by atoms with van der Waals surface area (Å²) >= 11 is 0. The molecule has 2 aliphatic rings. The molecule has 2 rings (SSSR count). The van der Waals surface area contributed by atoms with Crippen molar-refractivity contribution in [2.75, 3.05) is 6.54 Å². The van der Waals surface area contributed by atoms with Gasteiger partial charge in [-0.05, 0) is 29.6 Å². The highest BCUT2D eigenvalue weighted by Gasteiger charge is 2.62. The monoisotopic (exact) mass is 197 g/mol. The zero-order valence-electron chi connectivity index (χ0n) is 9.13. The summed E-state index contributed by atoms with van der Waals surface area (Å²) in [4.78, 5) is 10.8. The highest BCUT2D eigenvalue weighted by Crippen LogP contribution is 2.64. The van der Waals surface area contributed by atoms with Gasteiger partial charge in [-0.25, -0.2) is 0 Å². The number of hydrogen-bond acceptors (Lipinski definition) is 2. The third-order valence-corrected chi connectivity index (χ3v) is 3.84. The smallest absolute Gasteiger partial charge is 0.320 e. The Kier molecular flexibility index (Phi) is 1.94. The van der Waals surface area contributed by atoms with Crippen LogP contribution in [-0.4, -0.2) is 23.7 Å². The van der Waals surface area contributed by atoms with Gasteiger partial charge in [0.1, 0.15) is 6.04 Å². The van der Waals surface area contributed by atoms with E-state index in [1.807, 2.05) is 0 Å². The number of carbonyl (C=O) groups is 1. The Balaban J connectivity index is 2.01. The molecule has 2 fully saturated rings. The van der Waals surface area contributed by atoms with Crippen LogP contribution in [0.2, 0.25) is 0 Å². The van der Waals surface area contributed by atoms with Crippen molar-refractivity contribution in [1.82, 2.24) is 5.32 Å². The quantitative estimate of drug-likeness (QED) is 0.669. The first-order valence-electron chi connectivity index (χ1n) is 5.31. The summed E-state index contributed by atoms with van der Waals surface area (Å²) in [6, 6.07) is -0.303. The number of aliphatic carboxylic acids is 1. The summed E-state index contributed by atoms with van der Waals surface area (Å²) in [7, 11) is 0. The highest BCUT2D eigenvalue weighted by atomic mass is 16.4. The second-order valence-electron chi connectivity index (χ2n) is 5.96. The second-order valence-corrected chi connectivity index (χ2v) is 5.96. The van der Waals surface area contributed by atoms with E-state index in [1.165, 1.54) is 6.42 Å². The second kappa shape index (κ2) is 2.72. The maximum atomic E-state index is 10.8. The molecule has 0 unspecified atom stereocenters. The summed E-state index contributed by atoms with van der Waals surface area (Å²) in [6.45, 7) is 7.65. The first kappa shape index (κ1) is 9.97. The zero-order chi connectivity index (χ0) is 10.6. The molecule has 0 aromatic rings. The van der Waals surface area contributed by atoms with E-state index in [4.69, 9.17) is 5.11 Å². The highest BCUT2D eigenvalue weighted by molar-refractivity contribution is 5.74. The van der Waals surface area contributed by atoms with Crippen molar-refractivity contribution in [1.29, 1.82) is 0 Å². The van der Waals surface area contributed by atoms with Crippen LogP contribution in [0.15, 0.2) is 0 Å². The Morgan fingerprint density at radius 3 is 2.43 bits per heavy atom. The van der Waals surface area contributed by atoms with Gasteiger partial charge in [-0.2, -0.15) is 0 Å². The molecule has 0 aromatic heterocycles. The molecule has 0 bridgehead atoms. The summed E-state index contributed by atoms with van der Waals surface area (Å²) in [5.74, 6) is 0.00767. The Bertz CT molecular complexity index is 269. The van der Waals surface area contributed by atoms with E-state index in [9.17, 15) is 4.79 Å². The number of nitrogens with one attached hydrogen (secondary N) is 1. The predicted octanol–water partition coefficient (Wildman–Crippen LogP) is 1.49. The van der Waals surface area contributed by atoms with Gasteiger partial charge in [0.15, 0.2) is 0 Å². The topological polar surface area (TPSA) is 49.3 Å². The summed E-state index contributed by atoms with van der Waals surface area (Å²) in [5, 5.41) is 12.0. The molecule has 3 atom stereocenters. The molecule has 0 radical (unpaired) electrons. The fraction of sp³-hybridized carbons (Fsp3) is 0.909. The molecule has 1 saturated carbocycles. The molecule has 1 spiro atoms. The Morgan fingerprint density at radius 2 is 2.07 bits per heavy atom. The average molecular weight is 197 g/mol. The van der Waals surface area contributed by atoms with Gasteiger partial charge in [0, 0.05) is 6.54 Å². The predicted molar refractivity (Wildman–Crippen MR) is 54.0 cm³/mol. The summed E-state index contributed by atoms with van der Waals surface area (Å²) in [5.41, 5.74) is 0.635. The molecular weight excluding hydrogens is 178 g/mol. The third kappa shape index (κ3) is 1.44. The minimum atomic E-state index is -0.693. The van der Waals surface area contributed by atoms with Crippen molar-refractivity contribution in [3.8, 4) is 0 Å². The van der Waals surface area contributed by atoms with Crippen LogP contribution in [-0.2, 0) is 4.79 Å². The average Bonchev–Trinajstić information content (AvgIpc) is 2.52. The SMILES string of the molecule is CC(C)(C)[C@@H]1C[C@@]12CN[C@H](C(=O)O)C2. The van der Waals surface area contributed by atoms with Crippen LogP contribution in [0, 0.1) is 16.7 Å². The van der Waals surface area contributed by atoms with E-state index in [-0.39, 0.29) is 6.04 Å². The number of rotatable bonds is 1. The van der Waals surface area contributed by atoms with Gasteiger partial charge in [0.05, 0.1) is 0 Å². The Hall–Kier alpha value is -0.570. The van der Waals surface area contributed by atoms with Crippen molar-refractivity contribution in [3.63, 3.8) is 0 Å². The summed E-state index contributed by atoms with van der Waals surface area (Å²) < 4.78 is 0. The van der Waals surface area contributed by atoms with Crippen molar-refractivity contribution >= 4 is 5.97 Å². The minimum absolute atomic E-state index is 0.303. The van der Waals surface area contributed by atoms with Crippen LogP contribution in [0.4, 0.5) is 0 Å². The van der Waals surface area contributed by atoms with E-state index in [0.717, 1.165) is 13.0 Å². The largest absolute Gasteiger partial charge is 0.480 e. The Morgan fingerprint density at radius 1 is 1.43 bits per heavy atom. The standard InChI is InChI=1S/C11H19NO2/c1-10(2,3)8-5-11(8)4-7(9(13)14)12-6-11/h7-8,12H,4-6H2,1-3H3,(H,13,14)/t7-,8-,11-/m0/s1. The van der Waals surface area contributed by atoms with E-state index < -0.39 is 5.97 Å². The van der Waals surface area contributed by atoms with E-state index in [2.05, 4.69) is 26.1 Å². The molecule has 1 heterocycles. The van der Waals surface area contributed by atoms with Gasteiger partial charge in [0.2, 0.25) is 0 Å². The fourth-order valence-corrected chi connectivity index (χ4v) is 3.05. The number of carboxylic acid groups (broad SMARTS) is 1. The lowest BCUT2D eigenvalue weighted by Crippen LogP contribution is -2.29. The number of hydrogen-bond donors (Lipinski definition) is 2. The first-order valence-corrected chi connectivity index (χ1v) is 5.31. The van der Waals surface area contributed by atoms with Gasteiger partial charge in [-0.15, -0.1) is 0 Å². The van der Waals surface area contributed by atoms with Crippen molar-refractivity contribution in [3.05, 3.63) is 0 Å². The van der Waals surface area contributed by atoms with Crippen LogP contribution in [0.1, 0.15) is 33.6 Å². The van der Waals surface area contributed by atoms with E-state index in [0.29, 0.717) is 16.7 Å². The van der Waals surface area contributed by atoms with Gasteiger partial charge in [-0.1, -0.05) is 20.8 Å². The van der Waals surface area contributed by atoms with Crippen LogP contribution in [0.25, 0.3) is 0 Å². The normalized spacial score (nSPS) is 41.6. The molecule has 14 heavy (non-hydrogen) atoms. The molecular formula is C11H19NO2. The van der Waals surface area contributed by atoms with Crippen molar-refractivity contribution in [2.45, 2.75) is 39.7 Å². The van der Waals surface area contributed by atoms with E-state index >= 15 is 0 Å². The maximum absolute atomic E-state index is 10.8. The lowest BCUT2D eigenvalue weighted by atomic mass is 9.83. The van der Waals surface area contributed by atoms with Crippen molar-refractivity contribution in [2.24, 2.45) is 16.7 Å². The summed E-state index contributed by atoms with van der Waals surface area (Å²) in [6.07, 6.45) is 2.03. The Labute approximate surface area is 84.9 Å². The molecule has 1 aliphatic carbocycles. The molecule has 0 aromatic carbocycles. The van der Waals surface area contributed by atoms with Gasteiger partial charge in [0.25, 0.3) is 0 Å². The molecule has 3 nitrogen and oxygen atoms in total. The third-order valence-electron chi connectivity index (χ3n) is 3.84. The van der Waals surface area contributed by atoms with Crippen LogP contribution < -0.4 is 5.32 Å². The zero-order valence-corrected chi connectivity index (χ0v) is 9.13. The molecule has 1 saturated heterocycles. The van der Waals surface area contributed by atoms with Crippen LogP contribution >= 0.6 is 0 Å². The molecule has 2 N–H and O–H groups in total. The van der Waals surface area contributed by atoms with E-state index in [1.54, 1.807) is 0 Å². The molecule has 3 heteroatoms. The minimum Gasteiger partial charge on any atom is -0.480 e. The number of carboxylic acids is 1. The fourth-order valence-electron chi connectivity index (χ4n) is 3.05. The van der Waals surface area contributed by atoms with Crippen LogP contribution in [0.3, 0.4) is 0 Å². The first-order chi connectivity index (χ1) is 6.35. The lowest BCUT2D eigenvalue weighted by Gasteiger charge is -2.21. The lowest BCUT2D eigenvalue weighted by molar-refractivity contribution is -0.139. The molecule has 0 amide bonds. The van der Waals surface area contributed by atoms with Crippen LogP contribution in [0.5, 0.6) is 0 Å². The van der Waals surface area contributed by atoms with Crippen molar-refractivity contribution < 1.29 is 9.90 Å². The molecule has 1 aliphatic heterocycles. The maximum Gasteiger partial charge on any atom is 0.320 e. The van der Waals surface area contributed by atoms with Gasteiger partial charge < -0.3 is 10.4 Å². The van der Waals surface area contributed by atoms with Gasteiger partial charge >= 0.3 is 5.97 Å². The van der Waals surface area contributed by atoms with Gasteiger partial charge in [-0.3, -0.25) is 4.79 Å². The molecule has 80 valence electrons.